The first kappa shape index (κ1) is 14.7. The maximum Gasteiger partial charge on any atom is 0.0404 e. The van der Waals surface area contributed by atoms with Gasteiger partial charge in [-0.3, -0.25) is 4.90 Å². The highest BCUT2D eigenvalue weighted by atomic mass is 15.1. The zero-order valence-corrected chi connectivity index (χ0v) is 12.9. The van der Waals surface area contributed by atoms with Crippen molar-refractivity contribution < 1.29 is 0 Å². The van der Waals surface area contributed by atoms with Gasteiger partial charge in [-0.05, 0) is 61.3 Å². The van der Waals surface area contributed by atoms with Crippen molar-refractivity contribution in [3.05, 3.63) is 66.2 Å². The summed E-state index contributed by atoms with van der Waals surface area (Å²) in [5.74, 6) is 0. The van der Waals surface area contributed by atoms with Crippen molar-refractivity contribution in [2.24, 2.45) is 0 Å². The second kappa shape index (κ2) is 6.67. The summed E-state index contributed by atoms with van der Waals surface area (Å²) >= 11 is 0. The second-order valence-electron chi connectivity index (χ2n) is 5.91. The van der Waals surface area contributed by atoms with Gasteiger partial charge in [-0.1, -0.05) is 30.8 Å². The second-order valence-corrected chi connectivity index (χ2v) is 5.91. The summed E-state index contributed by atoms with van der Waals surface area (Å²) in [5, 5.41) is 3.33. The lowest BCUT2D eigenvalue weighted by atomic mass is 10.1. The van der Waals surface area contributed by atoms with Crippen molar-refractivity contribution in [2.75, 3.05) is 24.1 Å². The number of benzene rings is 2. The van der Waals surface area contributed by atoms with Crippen LogP contribution in [0, 0.1) is 0 Å². The van der Waals surface area contributed by atoms with Crippen LogP contribution in [0.1, 0.15) is 24.0 Å². The fourth-order valence-corrected chi connectivity index (χ4v) is 2.92. The Balaban J connectivity index is 1.69. The number of hydrogen-bond donors (Lipinski definition) is 2. The van der Waals surface area contributed by atoms with E-state index in [9.17, 15) is 0 Å². The van der Waals surface area contributed by atoms with E-state index in [1.807, 2.05) is 24.3 Å². The Morgan fingerprint density at radius 1 is 1.09 bits per heavy atom. The van der Waals surface area contributed by atoms with Crippen LogP contribution in [0.4, 0.5) is 11.4 Å². The maximum atomic E-state index is 5.81. The third kappa shape index (κ3) is 3.68. The van der Waals surface area contributed by atoms with E-state index in [2.05, 4.69) is 41.1 Å². The van der Waals surface area contributed by atoms with Crippen molar-refractivity contribution in [3.63, 3.8) is 0 Å². The highest BCUT2D eigenvalue weighted by Gasteiger charge is 2.12. The molecule has 0 spiro atoms. The molecule has 1 fully saturated rings. The molecule has 0 amide bonds. The van der Waals surface area contributed by atoms with Crippen LogP contribution in [0.3, 0.4) is 0 Å². The summed E-state index contributed by atoms with van der Waals surface area (Å²) in [4.78, 5) is 2.51. The lowest BCUT2D eigenvalue weighted by molar-refractivity contribution is 0.331. The monoisotopic (exact) mass is 293 g/mol. The molecule has 3 heteroatoms. The molecular formula is C19H23N3. The first-order valence-electron chi connectivity index (χ1n) is 7.84. The fraction of sp³-hybridized carbons (Fsp3) is 0.263. The van der Waals surface area contributed by atoms with E-state index in [0.717, 1.165) is 29.2 Å². The molecule has 0 atom stereocenters. The van der Waals surface area contributed by atoms with Gasteiger partial charge >= 0.3 is 0 Å². The molecule has 2 aromatic rings. The van der Waals surface area contributed by atoms with Crippen molar-refractivity contribution in [1.82, 2.24) is 4.90 Å². The van der Waals surface area contributed by atoms with Gasteiger partial charge in [0.2, 0.25) is 0 Å². The van der Waals surface area contributed by atoms with Crippen LogP contribution < -0.4 is 11.1 Å². The number of likely N-dealkylation sites (tertiary alicyclic amines) is 1. The lowest BCUT2D eigenvalue weighted by Crippen LogP contribution is -2.18. The topological polar surface area (TPSA) is 41.3 Å². The minimum Gasteiger partial charge on any atom is -0.399 e. The van der Waals surface area contributed by atoms with Crippen molar-refractivity contribution in [3.8, 4) is 0 Å². The van der Waals surface area contributed by atoms with Gasteiger partial charge in [0.15, 0.2) is 0 Å². The molecule has 22 heavy (non-hydrogen) atoms. The van der Waals surface area contributed by atoms with Crippen LogP contribution in [0.5, 0.6) is 0 Å². The molecular weight excluding hydrogens is 270 g/mol. The molecule has 0 aliphatic carbocycles. The van der Waals surface area contributed by atoms with E-state index in [1.54, 1.807) is 0 Å². The van der Waals surface area contributed by atoms with Gasteiger partial charge < -0.3 is 11.1 Å². The summed E-state index contributed by atoms with van der Waals surface area (Å²) in [7, 11) is 0. The molecule has 1 saturated heterocycles. The Labute approximate surface area is 132 Å². The number of rotatable bonds is 5. The lowest BCUT2D eigenvalue weighted by Gasteiger charge is -2.16. The Morgan fingerprint density at radius 3 is 2.64 bits per heavy atom. The number of hydrogen-bond acceptors (Lipinski definition) is 3. The van der Waals surface area contributed by atoms with E-state index < -0.39 is 0 Å². The highest BCUT2D eigenvalue weighted by Crippen LogP contribution is 2.21. The number of nitrogens with two attached hydrogens (primary N) is 1. The van der Waals surface area contributed by atoms with Crippen molar-refractivity contribution in [1.29, 1.82) is 0 Å². The molecule has 0 unspecified atom stereocenters. The first-order valence-corrected chi connectivity index (χ1v) is 7.84. The zero-order chi connectivity index (χ0) is 15.4. The van der Waals surface area contributed by atoms with Crippen molar-refractivity contribution >= 4 is 17.1 Å². The van der Waals surface area contributed by atoms with Crippen LogP contribution in [0.2, 0.25) is 0 Å². The molecule has 0 aromatic heterocycles. The molecule has 0 radical (unpaired) electrons. The summed E-state index contributed by atoms with van der Waals surface area (Å²) in [5.41, 5.74) is 10.9. The van der Waals surface area contributed by atoms with Crippen LogP contribution in [0.15, 0.2) is 55.1 Å². The molecule has 1 heterocycles. The third-order valence-electron chi connectivity index (χ3n) is 4.06. The quantitative estimate of drug-likeness (QED) is 0.820. The van der Waals surface area contributed by atoms with Crippen LogP contribution in [-0.4, -0.2) is 18.0 Å². The first-order chi connectivity index (χ1) is 10.7. The van der Waals surface area contributed by atoms with Gasteiger partial charge in [-0.15, -0.1) is 0 Å². The average Bonchev–Trinajstić information content (AvgIpc) is 3.00. The molecule has 3 nitrogen and oxygen atoms in total. The number of nitrogens with zero attached hydrogens (tertiary/aromatic N) is 1. The van der Waals surface area contributed by atoms with Crippen LogP contribution in [-0.2, 0) is 6.54 Å². The van der Waals surface area contributed by atoms with Crippen molar-refractivity contribution in [2.45, 2.75) is 19.4 Å². The fourth-order valence-electron chi connectivity index (χ4n) is 2.92. The number of nitrogens with one attached hydrogen (secondary N) is 1. The summed E-state index contributed by atoms with van der Waals surface area (Å²) < 4.78 is 0. The summed E-state index contributed by atoms with van der Waals surface area (Å²) in [6.45, 7) is 7.61. The Bertz CT molecular complexity index is 657. The van der Waals surface area contributed by atoms with E-state index in [4.69, 9.17) is 5.73 Å². The SMILES string of the molecule is C=C(Nc1cccc(N)c1)c1cccc(CN2CCCC2)c1. The summed E-state index contributed by atoms with van der Waals surface area (Å²) in [6, 6.07) is 16.3. The third-order valence-corrected chi connectivity index (χ3v) is 4.06. The van der Waals surface area contributed by atoms with E-state index in [-0.39, 0.29) is 0 Å². The molecule has 2 aromatic carbocycles. The molecule has 1 aliphatic heterocycles. The highest BCUT2D eigenvalue weighted by molar-refractivity contribution is 5.76. The minimum absolute atomic E-state index is 0.751. The van der Waals surface area contributed by atoms with E-state index in [0.29, 0.717) is 0 Å². The van der Waals surface area contributed by atoms with E-state index >= 15 is 0 Å². The molecule has 1 aliphatic rings. The van der Waals surface area contributed by atoms with Gasteiger partial charge in [0, 0.05) is 23.6 Å². The predicted octanol–water partition coefficient (Wildman–Crippen LogP) is 3.95. The average molecular weight is 293 g/mol. The van der Waals surface area contributed by atoms with E-state index in [1.165, 1.54) is 31.5 Å². The Kier molecular flexibility index (Phi) is 4.45. The van der Waals surface area contributed by atoms with Gasteiger partial charge in [0.25, 0.3) is 0 Å². The smallest absolute Gasteiger partial charge is 0.0404 e. The maximum absolute atomic E-state index is 5.81. The predicted molar refractivity (Wildman–Crippen MR) is 94.5 cm³/mol. The Morgan fingerprint density at radius 2 is 1.86 bits per heavy atom. The molecule has 0 bridgehead atoms. The largest absolute Gasteiger partial charge is 0.399 e. The van der Waals surface area contributed by atoms with Crippen LogP contribution >= 0.6 is 0 Å². The number of anilines is 2. The molecule has 3 rings (SSSR count). The Hall–Kier alpha value is -2.26. The standard InChI is InChI=1S/C19H23N3/c1-15(21-19-9-5-8-18(20)13-19)17-7-4-6-16(12-17)14-22-10-2-3-11-22/h4-9,12-13,21H,1-3,10-11,14,20H2. The van der Waals surface area contributed by atoms with Gasteiger partial charge in [-0.25, -0.2) is 0 Å². The van der Waals surface area contributed by atoms with Gasteiger partial charge in [0.05, 0.1) is 0 Å². The van der Waals surface area contributed by atoms with Crippen LogP contribution in [0.25, 0.3) is 5.70 Å². The molecule has 3 N–H and O–H groups in total. The molecule has 114 valence electrons. The zero-order valence-electron chi connectivity index (χ0n) is 12.9. The van der Waals surface area contributed by atoms with Gasteiger partial charge in [0.1, 0.15) is 0 Å². The molecule has 0 saturated carbocycles. The number of nitrogen functional groups attached to an aromatic ring is 1. The summed E-state index contributed by atoms with van der Waals surface area (Å²) in [6.07, 6.45) is 2.65. The normalized spacial score (nSPS) is 14.9. The minimum atomic E-state index is 0.751. The van der Waals surface area contributed by atoms with Gasteiger partial charge in [-0.2, -0.15) is 0 Å².